The van der Waals surface area contributed by atoms with Crippen LogP contribution in [0, 0.1) is 0 Å². The minimum atomic E-state index is -0.272. The van der Waals surface area contributed by atoms with Gasteiger partial charge in [-0.3, -0.25) is 4.57 Å². The maximum absolute atomic E-state index is 11.2. The fraction of sp³-hybridized carbons (Fsp3) is 0.571. The molecule has 1 aromatic heterocycles. The second kappa shape index (κ2) is 3.34. The highest BCUT2D eigenvalue weighted by molar-refractivity contribution is 5.20. The van der Waals surface area contributed by atoms with Crippen LogP contribution < -0.4 is 11.0 Å². The summed E-state index contributed by atoms with van der Waals surface area (Å²) in [5, 5.41) is 2.73. The lowest BCUT2D eigenvalue weighted by atomic mass is 10.4. The summed E-state index contributed by atoms with van der Waals surface area (Å²) in [5.74, 6) is 1.12. The standard InChI is InChI=1S/C7H12N4O/c1-4-5-9-6(8-2)10-7(12)11(5)3/h4H2,1-3H3,(H,8,10,12). The van der Waals surface area contributed by atoms with Crippen molar-refractivity contribution in [2.75, 3.05) is 12.4 Å². The largest absolute Gasteiger partial charge is 0.357 e. The summed E-state index contributed by atoms with van der Waals surface area (Å²) < 4.78 is 1.45. The number of rotatable bonds is 2. The van der Waals surface area contributed by atoms with E-state index in [-0.39, 0.29) is 5.69 Å². The molecule has 0 amide bonds. The lowest BCUT2D eigenvalue weighted by Gasteiger charge is -2.04. The molecule has 12 heavy (non-hydrogen) atoms. The van der Waals surface area contributed by atoms with Crippen LogP contribution in [0.25, 0.3) is 0 Å². The quantitative estimate of drug-likeness (QED) is 0.663. The van der Waals surface area contributed by atoms with Crippen LogP contribution in [0.5, 0.6) is 0 Å². The zero-order valence-corrected chi connectivity index (χ0v) is 7.46. The highest BCUT2D eigenvalue weighted by Gasteiger charge is 2.02. The number of anilines is 1. The number of hydrogen-bond acceptors (Lipinski definition) is 4. The Balaban J connectivity index is 3.29. The first kappa shape index (κ1) is 8.70. The van der Waals surface area contributed by atoms with E-state index in [1.165, 1.54) is 4.57 Å². The van der Waals surface area contributed by atoms with Crippen molar-refractivity contribution < 1.29 is 0 Å². The minimum absolute atomic E-state index is 0.272. The van der Waals surface area contributed by atoms with Crippen LogP contribution in [0.4, 0.5) is 5.95 Å². The van der Waals surface area contributed by atoms with Crippen LogP contribution in [0.3, 0.4) is 0 Å². The van der Waals surface area contributed by atoms with Gasteiger partial charge in [-0.2, -0.15) is 9.97 Å². The molecule has 5 heteroatoms. The SMILES string of the molecule is CCc1nc(NC)nc(=O)n1C. The number of hydrogen-bond donors (Lipinski definition) is 1. The van der Waals surface area contributed by atoms with E-state index in [9.17, 15) is 4.79 Å². The van der Waals surface area contributed by atoms with Gasteiger partial charge in [0, 0.05) is 20.5 Å². The number of nitrogens with one attached hydrogen (secondary N) is 1. The summed E-state index contributed by atoms with van der Waals surface area (Å²) in [6.45, 7) is 1.95. The van der Waals surface area contributed by atoms with Crippen molar-refractivity contribution in [2.24, 2.45) is 7.05 Å². The van der Waals surface area contributed by atoms with Crippen molar-refractivity contribution in [2.45, 2.75) is 13.3 Å². The van der Waals surface area contributed by atoms with Gasteiger partial charge in [-0.05, 0) is 0 Å². The zero-order chi connectivity index (χ0) is 9.14. The lowest BCUT2D eigenvalue weighted by Crippen LogP contribution is -2.25. The molecule has 0 unspecified atom stereocenters. The fourth-order valence-corrected chi connectivity index (χ4v) is 0.926. The van der Waals surface area contributed by atoms with Gasteiger partial charge in [0.2, 0.25) is 5.95 Å². The van der Waals surface area contributed by atoms with Crippen molar-refractivity contribution in [3.63, 3.8) is 0 Å². The Morgan fingerprint density at radius 3 is 2.67 bits per heavy atom. The summed E-state index contributed by atoms with van der Waals surface area (Å²) in [4.78, 5) is 18.9. The Morgan fingerprint density at radius 1 is 1.50 bits per heavy atom. The number of nitrogens with zero attached hydrogens (tertiary/aromatic N) is 3. The van der Waals surface area contributed by atoms with Gasteiger partial charge in [0.05, 0.1) is 0 Å². The summed E-state index contributed by atoms with van der Waals surface area (Å²) in [5.41, 5.74) is -0.272. The first-order valence-electron chi connectivity index (χ1n) is 3.80. The highest BCUT2D eigenvalue weighted by Crippen LogP contribution is 1.95. The van der Waals surface area contributed by atoms with Crippen LogP contribution in [0.2, 0.25) is 0 Å². The van der Waals surface area contributed by atoms with Crippen molar-refractivity contribution in [3.8, 4) is 0 Å². The van der Waals surface area contributed by atoms with E-state index >= 15 is 0 Å². The molecule has 5 nitrogen and oxygen atoms in total. The Labute approximate surface area is 70.5 Å². The third kappa shape index (κ3) is 1.44. The minimum Gasteiger partial charge on any atom is -0.357 e. The molecule has 0 aromatic carbocycles. The maximum atomic E-state index is 11.2. The molecule has 1 aromatic rings. The van der Waals surface area contributed by atoms with Gasteiger partial charge >= 0.3 is 5.69 Å². The first-order chi connectivity index (χ1) is 5.69. The molecule has 0 aliphatic carbocycles. The van der Waals surface area contributed by atoms with Gasteiger partial charge in [0.25, 0.3) is 0 Å². The molecule has 1 N–H and O–H groups in total. The highest BCUT2D eigenvalue weighted by atomic mass is 16.1. The topological polar surface area (TPSA) is 59.8 Å². The van der Waals surface area contributed by atoms with Crippen LogP contribution in [0.1, 0.15) is 12.7 Å². The summed E-state index contributed by atoms with van der Waals surface area (Å²) in [6.07, 6.45) is 0.725. The van der Waals surface area contributed by atoms with E-state index in [0.717, 1.165) is 12.2 Å². The van der Waals surface area contributed by atoms with Gasteiger partial charge < -0.3 is 5.32 Å². The predicted molar refractivity (Wildman–Crippen MR) is 46.2 cm³/mol. The summed E-state index contributed by atoms with van der Waals surface area (Å²) in [6, 6.07) is 0. The average molecular weight is 168 g/mol. The number of aromatic nitrogens is 3. The van der Waals surface area contributed by atoms with E-state index < -0.39 is 0 Å². The van der Waals surface area contributed by atoms with Crippen molar-refractivity contribution >= 4 is 5.95 Å². The molecule has 0 bridgehead atoms. The third-order valence-electron chi connectivity index (χ3n) is 1.65. The molecule has 0 saturated heterocycles. The van der Waals surface area contributed by atoms with Crippen LogP contribution in [0.15, 0.2) is 4.79 Å². The van der Waals surface area contributed by atoms with Crippen LogP contribution in [-0.2, 0) is 13.5 Å². The zero-order valence-electron chi connectivity index (χ0n) is 7.46. The second-order valence-electron chi connectivity index (χ2n) is 2.41. The predicted octanol–water partition coefficient (Wildman–Crippen LogP) is -0.221. The van der Waals surface area contributed by atoms with E-state index in [2.05, 4.69) is 15.3 Å². The molecule has 0 aliphatic heterocycles. The fourth-order valence-electron chi connectivity index (χ4n) is 0.926. The van der Waals surface area contributed by atoms with Gasteiger partial charge in [-0.25, -0.2) is 4.79 Å². The molecule has 0 fully saturated rings. The van der Waals surface area contributed by atoms with Crippen LogP contribution >= 0.6 is 0 Å². The maximum Gasteiger partial charge on any atom is 0.351 e. The molecule has 0 aliphatic rings. The van der Waals surface area contributed by atoms with Crippen molar-refractivity contribution in [1.82, 2.24) is 14.5 Å². The first-order valence-corrected chi connectivity index (χ1v) is 3.80. The van der Waals surface area contributed by atoms with Gasteiger partial charge in [-0.1, -0.05) is 6.92 Å². The van der Waals surface area contributed by atoms with Gasteiger partial charge in [-0.15, -0.1) is 0 Å². The van der Waals surface area contributed by atoms with E-state index in [1.807, 2.05) is 6.92 Å². The molecule has 1 heterocycles. The molecule has 0 radical (unpaired) electrons. The van der Waals surface area contributed by atoms with Gasteiger partial charge in [0.1, 0.15) is 5.82 Å². The molecule has 0 saturated carbocycles. The van der Waals surface area contributed by atoms with Crippen molar-refractivity contribution in [3.05, 3.63) is 16.3 Å². The molecule has 1 rings (SSSR count). The Kier molecular flexibility index (Phi) is 2.42. The van der Waals surface area contributed by atoms with E-state index in [0.29, 0.717) is 5.95 Å². The smallest absolute Gasteiger partial charge is 0.351 e. The van der Waals surface area contributed by atoms with Gasteiger partial charge in [0.15, 0.2) is 0 Å². The molecule has 0 spiro atoms. The number of aryl methyl sites for hydroxylation is 1. The molecular formula is C7H12N4O. The van der Waals surface area contributed by atoms with E-state index in [4.69, 9.17) is 0 Å². The average Bonchev–Trinajstić information content (AvgIpc) is 2.09. The summed E-state index contributed by atoms with van der Waals surface area (Å²) in [7, 11) is 3.36. The summed E-state index contributed by atoms with van der Waals surface area (Å²) >= 11 is 0. The van der Waals surface area contributed by atoms with Crippen LogP contribution in [-0.4, -0.2) is 21.6 Å². The molecular weight excluding hydrogens is 156 g/mol. The second-order valence-corrected chi connectivity index (χ2v) is 2.41. The van der Waals surface area contributed by atoms with Crippen molar-refractivity contribution in [1.29, 1.82) is 0 Å². The normalized spacial score (nSPS) is 9.92. The Morgan fingerprint density at radius 2 is 2.17 bits per heavy atom. The lowest BCUT2D eigenvalue weighted by molar-refractivity contribution is 0.702. The van der Waals surface area contributed by atoms with E-state index in [1.54, 1.807) is 14.1 Å². The molecule has 66 valence electrons. The Bertz CT molecular complexity index is 331. The Hall–Kier alpha value is -1.39. The molecule has 0 atom stereocenters. The monoisotopic (exact) mass is 168 g/mol. The third-order valence-corrected chi connectivity index (χ3v) is 1.65.